The van der Waals surface area contributed by atoms with Gasteiger partial charge in [-0.3, -0.25) is 4.79 Å². The van der Waals surface area contributed by atoms with Crippen molar-refractivity contribution in [2.24, 2.45) is 5.73 Å². The normalized spacial score (nSPS) is 9.47. The van der Waals surface area contributed by atoms with Gasteiger partial charge in [0.2, 0.25) is 5.88 Å². The fraction of sp³-hybridized carbons (Fsp3) is 0.182. The summed E-state index contributed by atoms with van der Waals surface area (Å²) in [5.41, 5.74) is 6.38. The van der Waals surface area contributed by atoms with Crippen molar-refractivity contribution in [3.05, 3.63) is 38.4 Å². The summed E-state index contributed by atoms with van der Waals surface area (Å²) < 4.78 is 5.16. The second kappa shape index (κ2) is 8.06. The van der Waals surface area contributed by atoms with Gasteiger partial charge in [-0.1, -0.05) is 40.6 Å². The first-order valence-corrected chi connectivity index (χ1v) is 6.64. The van der Waals surface area contributed by atoms with Crippen LogP contribution in [0, 0.1) is 0 Å². The number of methoxy groups -OCH3 is 1. The molecule has 0 spiro atoms. The average molecular weight is 320 g/mol. The number of carbonyl (C=O) groups excluding carboxylic acids is 1. The monoisotopic (exact) mass is 319 g/mol. The maximum absolute atomic E-state index is 10.1. The van der Waals surface area contributed by atoms with Crippen molar-refractivity contribution >= 4 is 40.8 Å². The third kappa shape index (κ3) is 5.12. The molecule has 0 aliphatic heterocycles. The smallest absolute Gasteiger partial charge is 0.212 e. The lowest BCUT2D eigenvalue weighted by molar-refractivity contribution is 0.112. The van der Waals surface area contributed by atoms with Crippen LogP contribution in [0.4, 0.5) is 0 Å². The quantitative estimate of drug-likeness (QED) is 0.880. The van der Waals surface area contributed by atoms with E-state index in [4.69, 9.17) is 33.7 Å². The van der Waals surface area contributed by atoms with Crippen LogP contribution < -0.4 is 10.5 Å². The van der Waals surface area contributed by atoms with Gasteiger partial charge in [-0.2, -0.15) is 0 Å². The Morgan fingerprint density at radius 1 is 1.47 bits per heavy atom. The number of pyridine rings is 1. The van der Waals surface area contributed by atoms with E-state index in [2.05, 4.69) is 9.97 Å². The minimum atomic E-state index is 0.181. The van der Waals surface area contributed by atoms with Gasteiger partial charge in [0.25, 0.3) is 0 Å². The SMILES string of the molecule is COc1ccc(CN)cn1.O=Cc1sc(Cl)nc1Cl. The van der Waals surface area contributed by atoms with E-state index in [1.54, 1.807) is 19.4 Å². The Bertz CT molecular complexity index is 508. The predicted molar refractivity (Wildman–Crippen MR) is 76.2 cm³/mol. The Morgan fingerprint density at radius 2 is 2.21 bits per heavy atom. The van der Waals surface area contributed by atoms with Gasteiger partial charge in [-0.25, -0.2) is 9.97 Å². The molecular weight excluding hydrogens is 309 g/mol. The Morgan fingerprint density at radius 3 is 2.53 bits per heavy atom. The van der Waals surface area contributed by atoms with Gasteiger partial charge in [0.15, 0.2) is 15.9 Å². The molecule has 0 unspecified atom stereocenters. The summed E-state index contributed by atoms with van der Waals surface area (Å²) in [6.45, 7) is 0.525. The number of rotatable bonds is 3. The third-order valence-electron chi connectivity index (χ3n) is 1.93. The molecule has 0 atom stereocenters. The molecule has 2 rings (SSSR count). The van der Waals surface area contributed by atoms with E-state index in [1.807, 2.05) is 6.07 Å². The molecule has 102 valence electrons. The van der Waals surface area contributed by atoms with Crippen molar-refractivity contribution in [1.29, 1.82) is 0 Å². The number of nitrogens with zero attached hydrogens (tertiary/aromatic N) is 2. The maximum atomic E-state index is 10.1. The number of hydrogen-bond acceptors (Lipinski definition) is 6. The molecule has 0 aliphatic rings. The first-order chi connectivity index (χ1) is 9.10. The van der Waals surface area contributed by atoms with Crippen LogP contribution in [-0.2, 0) is 6.54 Å². The van der Waals surface area contributed by atoms with E-state index in [0.717, 1.165) is 16.9 Å². The van der Waals surface area contributed by atoms with Crippen LogP contribution in [0.3, 0.4) is 0 Å². The maximum Gasteiger partial charge on any atom is 0.212 e. The fourth-order valence-corrected chi connectivity index (χ4v) is 2.18. The molecule has 0 saturated heterocycles. The summed E-state index contributed by atoms with van der Waals surface area (Å²) in [4.78, 5) is 18.0. The lowest BCUT2D eigenvalue weighted by atomic mass is 10.3. The van der Waals surface area contributed by atoms with E-state index < -0.39 is 0 Å². The third-order valence-corrected chi connectivity index (χ3v) is 3.42. The molecule has 0 aliphatic carbocycles. The number of aldehydes is 1. The highest BCUT2D eigenvalue weighted by Gasteiger charge is 2.04. The molecular formula is C11H11Cl2N3O2S. The van der Waals surface area contributed by atoms with Crippen molar-refractivity contribution in [2.75, 3.05) is 7.11 Å². The molecule has 0 bridgehead atoms. The summed E-state index contributed by atoms with van der Waals surface area (Å²) in [5, 5.41) is 0.181. The lowest BCUT2D eigenvalue weighted by Gasteiger charge is -1.98. The fourth-order valence-electron chi connectivity index (χ4n) is 1.01. The van der Waals surface area contributed by atoms with Crippen molar-refractivity contribution in [2.45, 2.75) is 6.54 Å². The van der Waals surface area contributed by atoms with E-state index in [1.165, 1.54) is 0 Å². The van der Waals surface area contributed by atoms with Gasteiger partial charge >= 0.3 is 0 Å². The van der Waals surface area contributed by atoms with Crippen LogP contribution in [0.25, 0.3) is 0 Å². The zero-order chi connectivity index (χ0) is 14.3. The van der Waals surface area contributed by atoms with Gasteiger partial charge in [0, 0.05) is 18.8 Å². The van der Waals surface area contributed by atoms with E-state index in [9.17, 15) is 4.79 Å². The summed E-state index contributed by atoms with van der Waals surface area (Å²) in [6, 6.07) is 3.69. The minimum absolute atomic E-state index is 0.181. The number of carbonyl (C=O) groups is 1. The first-order valence-electron chi connectivity index (χ1n) is 5.06. The molecule has 2 aromatic rings. The molecule has 5 nitrogen and oxygen atoms in total. The molecule has 8 heteroatoms. The first kappa shape index (κ1) is 15.8. The second-order valence-electron chi connectivity index (χ2n) is 3.15. The number of halogens is 2. The van der Waals surface area contributed by atoms with Crippen molar-refractivity contribution in [3.63, 3.8) is 0 Å². The molecule has 0 fully saturated rings. The molecule has 2 aromatic heterocycles. The average Bonchev–Trinajstić information content (AvgIpc) is 2.77. The molecule has 2 heterocycles. The van der Waals surface area contributed by atoms with Crippen molar-refractivity contribution < 1.29 is 9.53 Å². The standard InChI is InChI=1S/C7H10N2O.C4HCl2NOS/c1-10-7-3-2-6(4-8)5-9-7;5-3-2(1-8)9-4(6)7-3/h2-3,5H,4,8H2,1H3;1H. The molecule has 0 amide bonds. The number of thiazole rings is 1. The Kier molecular flexibility index (Phi) is 6.72. The lowest BCUT2D eigenvalue weighted by Crippen LogP contribution is -1.97. The van der Waals surface area contributed by atoms with Crippen molar-refractivity contribution in [1.82, 2.24) is 9.97 Å². The van der Waals surface area contributed by atoms with Crippen LogP contribution in [0.15, 0.2) is 18.3 Å². The Hall–Kier alpha value is -1.21. The van der Waals surface area contributed by atoms with Gasteiger partial charge < -0.3 is 10.5 Å². The van der Waals surface area contributed by atoms with E-state index in [0.29, 0.717) is 28.1 Å². The van der Waals surface area contributed by atoms with Crippen LogP contribution in [0.2, 0.25) is 9.62 Å². The van der Waals surface area contributed by atoms with Crippen LogP contribution >= 0.6 is 34.5 Å². The summed E-state index contributed by atoms with van der Waals surface area (Å²) in [5.74, 6) is 0.622. The number of nitrogens with two attached hydrogens (primary N) is 1. The van der Waals surface area contributed by atoms with Gasteiger partial charge in [0.1, 0.15) is 4.88 Å². The van der Waals surface area contributed by atoms with Gasteiger partial charge in [-0.15, -0.1) is 0 Å². The highest BCUT2D eigenvalue weighted by molar-refractivity contribution is 7.17. The van der Waals surface area contributed by atoms with Crippen LogP contribution in [0.1, 0.15) is 15.2 Å². The number of ether oxygens (including phenoxy) is 1. The molecule has 0 aromatic carbocycles. The van der Waals surface area contributed by atoms with Gasteiger partial charge in [-0.05, 0) is 5.56 Å². The van der Waals surface area contributed by atoms with Gasteiger partial charge in [0.05, 0.1) is 7.11 Å². The Balaban J connectivity index is 0.000000191. The summed E-state index contributed by atoms with van der Waals surface area (Å²) in [6.07, 6.45) is 2.34. The minimum Gasteiger partial charge on any atom is -0.481 e. The second-order valence-corrected chi connectivity index (χ2v) is 5.12. The topological polar surface area (TPSA) is 78.1 Å². The summed E-state index contributed by atoms with van der Waals surface area (Å²) in [7, 11) is 1.59. The van der Waals surface area contributed by atoms with E-state index >= 15 is 0 Å². The van der Waals surface area contributed by atoms with Crippen molar-refractivity contribution in [3.8, 4) is 5.88 Å². The van der Waals surface area contributed by atoms with E-state index in [-0.39, 0.29) is 5.15 Å². The van der Waals surface area contributed by atoms with Crippen LogP contribution in [0.5, 0.6) is 5.88 Å². The molecule has 0 radical (unpaired) electrons. The largest absolute Gasteiger partial charge is 0.481 e. The highest BCUT2D eigenvalue weighted by Crippen LogP contribution is 2.24. The predicted octanol–water partition coefficient (Wildman–Crippen LogP) is 2.81. The highest BCUT2D eigenvalue weighted by atomic mass is 35.5. The number of aromatic nitrogens is 2. The zero-order valence-electron chi connectivity index (χ0n) is 9.97. The number of hydrogen-bond donors (Lipinski definition) is 1. The molecule has 19 heavy (non-hydrogen) atoms. The Labute approximate surface area is 124 Å². The molecule has 0 saturated carbocycles. The zero-order valence-corrected chi connectivity index (χ0v) is 12.3. The van der Waals surface area contributed by atoms with Crippen LogP contribution in [-0.4, -0.2) is 23.4 Å². The molecule has 2 N–H and O–H groups in total. The summed E-state index contributed by atoms with van der Waals surface area (Å²) >= 11 is 11.9.